The number of amides is 2. The molecule has 1 fully saturated rings. The molecule has 0 aliphatic carbocycles. The van der Waals surface area contributed by atoms with Crippen LogP contribution in [0.1, 0.15) is 21.5 Å². The maximum atomic E-state index is 12.6. The minimum atomic E-state index is -0.0563. The van der Waals surface area contributed by atoms with Crippen molar-refractivity contribution < 1.29 is 19.1 Å². The Kier molecular flexibility index (Phi) is 6.19. The topological polar surface area (TPSA) is 59.1 Å². The SMILES string of the molecule is COc1ccc(C(=O)N2CCN(C(=O)COc3c(C)cccc3C)CC2)cc1. The highest BCUT2D eigenvalue weighted by atomic mass is 16.5. The van der Waals surface area contributed by atoms with Crippen molar-refractivity contribution in [3.63, 3.8) is 0 Å². The van der Waals surface area contributed by atoms with Gasteiger partial charge in [-0.2, -0.15) is 0 Å². The molecular formula is C22H26N2O4. The van der Waals surface area contributed by atoms with Crippen molar-refractivity contribution in [2.75, 3.05) is 39.9 Å². The smallest absolute Gasteiger partial charge is 0.260 e. The molecule has 6 nitrogen and oxygen atoms in total. The first kappa shape index (κ1) is 19.7. The van der Waals surface area contributed by atoms with Gasteiger partial charge in [0, 0.05) is 31.7 Å². The maximum Gasteiger partial charge on any atom is 0.260 e. The number of ether oxygens (including phenoxy) is 2. The van der Waals surface area contributed by atoms with Gasteiger partial charge in [0.2, 0.25) is 0 Å². The third kappa shape index (κ3) is 4.44. The summed E-state index contributed by atoms with van der Waals surface area (Å²) in [6.07, 6.45) is 0. The van der Waals surface area contributed by atoms with Crippen LogP contribution in [-0.2, 0) is 4.79 Å². The first-order valence-electron chi connectivity index (χ1n) is 9.39. The number of carbonyl (C=O) groups excluding carboxylic acids is 2. The Morgan fingerprint density at radius 1 is 0.893 bits per heavy atom. The molecule has 0 bridgehead atoms. The predicted molar refractivity (Wildman–Crippen MR) is 107 cm³/mol. The van der Waals surface area contributed by atoms with Crippen molar-refractivity contribution in [1.82, 2.24) is 9.80 Å². The molecular weight excluding hydrogens is 356 g/mol. The third-order valence-corrected chi connectivity index (χ3v) is 5.01. The lowest BCUT2D eigenvalue weighted by atomic mass is 10.1. The van der Waals surface area contributed by atoms with Gasteiger partial charge in [-0.05, 0) is 49.2 Å². The van der Waals surface area contributed by atoms with Crippen LogP contribution >= 0.6 is 0 Å². The molecule has 0 atom stereocenters. The molecule has 0 radical (unpaired) electrons. The molecule has 28 heavy (non-hydrogen) atoms. The molecule has 0 spiro atoms. The minimum absolute atomic E-state index is 0.0120. The predicted octanol–water partition coefficient (Wildman–Crippen LogP) is 2.68. The van der Waals surface area contributed by atoms with Gasteiger partial charge in [0.25, 0.3) is 11.8 Å². The van der Waals surface area contributed by atoms with E-state index in [-0.39, 0.29) is 18.4 Å². The molecule has 2 aromatic carbocycles. The number of aryl methyl sites for hydroxylation is 2. The monoisotopic (exact) mass is 382 g/mol. The van der Waals surface area contributed by atoms with E-state index in [1.54, 1.807) is 41.2 Å². The highest BCUT2D eigenvalue weighted by Crippen LogP contribution is 2.22. The zero-order valence-electron chi connectivity index (χ0n) is 16.6. The number of carbonyl (C=O) groups is 2. The Morgan fingerprint density at radius 2 is 1.46 bits per heavy atom. The fourth-order valence-corrected chi connectivity index (χ4v) is 3.33. The van der Waals surface area contributed by atoms with E-state index in [1.165, 1.54) is 0 Å². The van der Waals surface area contributed by atoms with E-state index in [0.29, 0.717) is 31.7 Å². The number of hydrogen-bond acceptors (Lipinski definition) is 4. The van der Waals surface area contributed by atoms with Crippen molar-refractivity contribution >= 4 is 11.8 Å². The van der Waals surface area contributed by atoms with Crippen molar-refractivity contribution in [2.45, 2.75) is 13.8 Å². The number of benzene rings is 2. The molecule has 2 aromatic rings. The molecule has 0 unspecified atom stereocenters. The van der Waals surface area contributed by atoms with Gasteiger partial charge in [-0.15, -0.1) is 0 Å². The number of hydrogen-bond donors (Lipinski definition) is 0. The molecule has 0 N–H and O–H groups in total. The van der Waals surface area contributed by atoms with Crippen LogP contribution in [0.25, 0.3) is 0 Å². The van der Waals surface area contributed by atoms with Gasteiger partial charge < -0.3 is 19.3 Å². The van der Waals surface area contributed by atoms with Gasteiger partial charge in [0.05, 0.1) is 7.11 Å². The quantitative estimate of drug-likeness (QED) is 0.798. The van der Waals surface area contributed by atoms with Gasteiger partial charge in [-0.25, -0.2) is 0 Å². The van der Waals surface area contributed by atoms with Crippen LogP contribution in [0.2, 0.25) is 0 Å². The summed E-state index contributed by atoms with van der Waals surface area (Å²) in [6.45, 7) is 6.00. The van der Waals surface area contributed by atoms with Gasteiger partial charge in [0.15, 0.2) is 6.61 Å². The van der Waals surface area contributed by atoms with Gasteiger partial charge in [-0.3, -0.25) is 9.59 Å². The van der Waals surface area contributed by atoms with E-state index >= 15 is 0 Å². The summed E-state index contributed by atoms with van der Waals surface area (Å²) in [5, 5.41) is 0. The maximum absolute atomic E-state index is 12.6. The summed E-state index contributed by atoms with van der Waals surface area (Å²) in [5.74, 6) is 1.40. The average Bonchev–Trinajstić information content (AvgIpc) is 2.73. The van der Waals surface area contributed by atoms with E-state index in [0.717, 1.165) is 22.6 Å². The third-order valence-electron chi connectivity index (χ3n) is 5.01. The molecule has 6 heteroatoms. The summed E-state index contributed by atoms with van der Waals surface area (Å²) in [5.41, 5.74) is 2.66. The molecule has 148 valence electrons. The lowest BCUT2D eigenvalue weighted by Gasteiger charge is -2.34. The van der Waals surface area contributed by atoms with E-state index in [2.05, 4.69) is 0 Å². The molecule has 0 aromatic heterocycles. The van der Waals surface area contributed by atoms with E-state index < -0.39 is 0 Å². The number of methoxy groups -OCH3 is 1. The fraction of sp³-hybridized carbons (Fsp3) is 0.364. The highest BCUT2D eigenvalue weighted by molar-refractivity contribution is 5.94. The molecule has 3 rings (SSSR count). The average molecular weight is 382 g/mol. The highest BCUT2D eigenvalue weighted by Gasteiger charge is 2.25. The first-order valence-corrected chi connectivity index (χ1v) is 9.39. The molecule has 1 heterocycles. The second-order valence-electron chi connectivity index (χ2n) is 6.91. The molecule has 0 saturated carbocycles. The van der Waals surface area contributed by atoms with E-state index in [1.807, 2.05) is 32.0 Å². The van der Waals surface area contributed by atoms with Crippen molar-refractivity contribution in [3.05, 3.63) is 59.2 Å². The van der Waals surface area contributed by atoms with Crippen molar-refractivity contribution in [2.24, 2.45) is 0 Å². The zero-order valence-corrected chi connectivity index (χ0v) is 16.6. The second-order valence-corrected chi connectivity index (χ2v) is 6.91. The summed E-state index contributed by atoms with van der Waals surface area (Å²) in [7, 11) is 1.59. The Bertz CT molecular complexity index is 820. The van der Waals surface area contributed by atoms with Crippen molar-refractivity contribution in [1.29, 1.82) is 0 Å². The molecule has 2 amide bonds. The van der Waals surface area contributed by atoms with Crippen LogP contribution in [-0.4, -0.2) is 61.5 Å². The summed E-state index contributed by atoms with van der Waals surface area (Å²) < 4.78 is 10.9. The number of para-hydroxylation sites is 1. The van der Waals surface area contributed by atoms with Crippen LogP contribution in [0.15, 0.2) is 42.5 Å². The normalized spacial score (nSPS) is 14.0. The Labute approximate surface area is 165 Å². The minimum Gasteiger partial charge on any atom is -0.497 e. The Hall–Kier alpha value is -3.02. The summed E-state index contributed by atoms with van der Waals surface area (Å²) in [6, 6.07) is 13.0. The fourth-order valence-electron chi connectivity index (χ4n) is 3.33. The Balaban J connectivity index is 1.51. The molecule has 1 aliphatic rings. The van der Waals surface area contributed by atoms with Crippen LogP contribution in [0.4, 0.5) is 0 Å². The van der Waals surface area contributed by atoms with E-state index in [9.17, 15) is 9.59 Å². The molecule has 1 aliphatic heterocycles. The summed E-state index contributed by atoms with van der Waals surface area (Å²) in [4.78, 5) is 28.6. The van der Waals surface area contributed by atoms with E-state index in [4.69, 9.17) is 9.47 Å². The second kappa shape index (κ2) is 8.78. The number of nitrogens with zero attached hydrogens (tertiary/aromatic N) is 2. The van der Waals surface area contributed by atoms with Gasteiger partial charge in [-0.1, -0.05) is 18.2 Å². The first-order chi connectivity index (χ1) is 13.5. The Morgan fingerprint density at radius 3 is 2.04 bits per heavy atom. The van der Waals surface area contributed by atoms with Crippen LogP contribution in [0, 0.1) is 13.8 Å². The summed E-state index contributed by atoms with van der Waals surface area (Å²) >= 11 is 0. The lowest BCUT2D eigenvalue weighted by molar-refractivity contribution is -0.134. The van der Waals surface area contributed by atoms with Crippen LogP contribution in [0.3, 0.4) is 0 Å². The van der Waals surface area contributed by atoms with Crippen LogP contribution in [0.5, 0.6) is 11.5 Å². The standard InChI is InChI=1S/C22H26N2O4/c1-16-5-4-6-17(2)21(16)28-15-20(25)23-11-13-24(14-12-23)22(26)18-7-9-19(27-3)10-8-18/h4-10H,11-15H2,1-3H3. The largest absolute Gasteiger partial charge is 0.497 e. The van der Waals surface area contributed by atoms with Crippen LogP contribution < -0.4 is 9.47 Å². The zero-order chi connectivity index (χ0) is 20.1. The number of piperazine rings is 1. The molecule has 1 saturated heterocycles. The number of rotatable bonds is 5. The van der Waals surface area contributed by atoms with Gasteiger partial charge >= 0.3 is 0 Å². The van der Waals surface area contributed by atoms with Gasteiger partial charge in [0.1, 0.15) is 11.5 Å². The van der Waals surface area contributed by atoms with Crippen molar-refractivity contribution in [3.8, 4) is 11.5 Å². The lowest BCUT2D eigenvalue weighted by Crippen LogP contribution is -2.51.